The highest BCUT2D eigenvalue weighted by Gasteiger charge is 2.16. The average molecular weight is 311 g/mol. The molecule has 3 rings (SSSR count). The van der Waals surface area contributed by atoms with Crippen LogP contribution in [0.2, 0.25) is 0 Å². The van der Waals surface area contributed by atoms with Gasteiger partial charge in [0.1, 0.15) is 5.75 Å². The lowest BCUT2D eigenvalue weighted by Crippen LogP contribution is -2.27. The maximum absolute atomic E-state index is 11.0. The van der Waals surface area contributed by atoms with Crippen LogP contribution in [0.25, 0.3) is 0 Å². The zero-order chi connectivity index (χ0) is 16.1. The van der Waals surface area contributed by atoms with Crippen molar-refractivity contribution in [3.05, 3.63) is 48.2 Å². The Hall–Kier alpha value is -2.40. The Bertz CT molecular complexity index is 664. The number of piperidine rings is 1. The van der Waals surface area contributed by atoms with Crippen LogP contribution < -0.4 is 15.4 Å². The molecule has 1 aliphatic heterocycles. The lowest BCUT2D eigenvalue weighted by molar-refractivity contribution is -0.114. The topological polar surface area (TPSA) is 63.2 Å². The second-order valence-electron chi connectivity index (χ2n) is 5.73. The van der Waals surface area contributed by atoms with Gasteiger partial charge in [-0.15, -0.1) is 0 Å². The molecule has 120 valence electrons. The molecular weight excluding hydrogens is 290 g/mol. The van der Waals surface area contributed by atoms with Gasteiger partial charge in [-0.3, -0.25) is 4.79 Å². The summed E-state index contributed by atoms with van der Waals surface area (Å²) in [6.07, 6.45) is 2.23. The number of amides is 1. The van der Waals surface area contributed by atoms with Gasteiger partial charge >= 0.3 is 0 Å². The minimum atomic E-state index is -0.0880. The fraction of sp³-hybridized carbons (Fsp3) is 0.333. The van der Waals surface area contributed by atoms with E-state index < -0.39 is 0 Å². The molecule has 1 aliphatic rings. The number of nitrogens with zero attached hydrogens (tertiary/aromatic N) is 1. The van der Waals surface area contributed by atoms with Crippen molar-refractivity contribution >= 4 is 11.6 Å². The highest BCUT2D eigenvalue weighted by Crippen LogP contribution is 2.27. The monoisotopic (exact) mass is 311 g/mol. The number of benzene rings is 1. The van der Waals surface area contributed by atoms with Crippen LogP contribution in [0.4, 0.5) is 5.69 Å². The molecule has 1 aromatic carbocycles. The first-order valence-corrected chi connectivity index (χ1v) is 7.94. The Kier molecular flexibility index (Phi) is 4.88. The van der Waals surface area contributed by atoms with Crippen LogP contribution in [0.15, 0.2) is 42.5 Å². The van der Waals surface area contributed by atoms with Crippen molar-refractivity contribution in [2.24, 2.45) is 0 Å². The van der Waals surface area contributed by atoms with E-state index in [1.165, 1.54) is 6.92 Å². The summed E-state index contributed by atoms with van der Waals surface area (Å²) in [5.41, 5.74) is 1.85. The summed E-state index contributed by atoms with van der Waals surface area (Å²) in [7, 11) is 0. The van der Waals surface area contributed by atoms with E-state index in [9.17, 15) is 4.79 Å². The molecule has 2 heterocycles. The Morgan fingerprint density at radius 1 is 1.17 bits per heavy atom. The largest absolute Gasteiger partial charge is 0.439 e. The van der Waals surface area contributed by atoms with E-state index in [2.05, 4.69) is 21.7 Å². The van der Waals surface area contributed by atoms with Gasteiger partial charge in [-0.25, -0.2) is 4.98 Å². The lowest BCUT2D eigenvalue weighted by atomic mass is 9.94. The van der Waals surface area contributed by atoms with Crippen molar-refractivity contribution in [1.82, 2.24) is 10.3 Å². The number of anilines is 1. The van der Waals surface area contributed by atoms with E-state index >= 15 is 0 Å². The Morgan fingerprint density at radius 2 is 1.91 bits per heavy atom. The number of carbonyl (C=O) groups excluding carboxylic acids is 1. The molecule has 23 heavy (non-hydrogen) atoms. The maximum atomic E-state index is 11.0. The molecule has 0 spiro atoms. The molecular formula is C18H21N3O2. The number of ether oxygens (including phenoxy) is 1. The zero-order valence-electron chi connectivity index (χ0n) is 13.2. The lowest BCUT2D eigenvalue weighted by Gasteiger charge is -2.22. The normalized spacial score (nSPS) is 15.2. The number of carbonyl (C=O) groups is 1. The summed E-state index contributed by atoms with van der Waals surface area (Å²) in [6.45, 7) is 3.57. The number of aromatic nitrogens is 1. The summed E-state index contributed by atoms with van der Waals surface area (Å²) < 4.78 is 5.83. The second-order valence-corrected chi connectivity index (χ2v) is 5.73. The third-order valence-electron chi connectivity index (χ3n) is 3.90. The first kappa shape index (κ1) is 15.5. The molecule has 5 nitrogen and oxygen atoms in total. The van der Waals surface area contributed by atoms with Crippen LogP contribution in [0.5, 0.6) is 11.6 Å². The van der Waals surface area contributed by atoms with E-state index in [0.29, 0.717) is 17.5 Å². The number of pyridine rings is 1. The van der Waals surface area contributed by atoms with Crippen molar-refractivity contribution in [2.75, 3.05) is 18.4 Å². The van der Waals surface area contributed by atoms with Crippen molar-refractivity contribution in [3.63, 3.8) is 0 Å². The fourth-order valence-electron chi connectivity index (χ4n) is 2.76. The van der Waals surface area contributed by atoms with Gasteiger partial charge < -0.3 is 15.4 Å². The summed E-state index contributed by atoms with van der Waals surface area (Å²) in [5.74, 6) is 1.72. The molecule has 1 aromatic heterocycles. The molecule has 1 saturated heterocycles. The van der Waals surface area contributed by atoms with Crippen molar-refractivity contribution < 1.29 is 9.53 Å². The van der Waals surface area contributed by atoms with E-state index in [4.69, 9.17) is 4.74 Å². The number of hydrogen-bond donors (Lipinski definition) is 2. The average Bonchev–Trinajstić information content (AvgIpc) is 2.57. The van der Waals surface area contributed by atoms with Crippen LogP contribution in [-0.2, 0) is 4.79 Å². The zero-order valence-corrected chi connectivity index (χ0v) is 13.2. The molecule has 0 saturated carbocycles. The predicted octanol–water partition coefficient (Wildman–Crippen LogP) is 3.30. The van der Waals surface area contributed by atoms with E-state index in [1.54, 1.807) is 0 Å². The van der Waals surface area contributed by atoms with Gasteiger partial charge in [0.05, 0.1) is 0 Å². The highest BCUT2D eigenvalue weighted by molar-refractivity contribution is 5.88. The van der Waals surface area contributed by atoms with Crippen LogP contribution in [0.3, 0.4) is 0 Å². The first-order chi connectivity index (χ1) is 11.2. The van der Waals surface area contributed by atoms with Gasteiger partial charge in [0, 0.05) is 30.3 Å². The fourth-order valence-corrected chi connectivity index (χ4v) is 2.76. The van der Waals surface area contributed by atoms with Gasteiger partial charge in [-0.1, -0.05) is 6.07 Å². The summed E-state index contributed by atoms with van der Waals surface area (Å²) >= 11 is 0. The summed E-state index contributed by atoms with van der Waals surface area (Å²) in [5, 5.41) is 6.10. The Labute approximate surface area is 136 Å². The SMILES string of the molecule is CC(=O)Nc1ccc(Oc2cccc(C3CCNCC3)n2)cc1. The molecule has 0 radical (unpaired) electrons. The smallest absolute Gasteiger partial charge is 0.221 e. The van der Waals surface area contributed by atoms with E-state index in [1.807, 2.05) is 36.4 Å². The highest BCUT2D eigenvalue weighted by atomic mass is 16.5. The van der Waals surface area contributed by atoms with E-state index in [-0.39, 0.29) is 5.91 Å². The molecule has 1 fully saturated rings. The van der Waals surface area contributed by atoms with Crippen LogP contribution in [0.1, 0.15) is 31.4 Å². The molecule has 1 amide bonds. The first-order valence-electron chi connectivity index (χ1n) is 7.94. The summed E-state index contributed by atoms with van der Waals surface area (Å²) in [4.78, 5) is 15.7. The van der Waals surface area contributed by atoms with Crippen molar-refractivity contribution in [1.29, 1.82) is 0 Å². The Balaban J connectivity index is 1.68. The van der Waals surface area contributed by atoms with Crippen LogP contribution in [0, 0.1) is 0 Å². The molecule has 2 aromatic rings. The molecule has 0 bridgehead atoms. The van der Waals surface area contributed by atoms with Gasteiger partial charge in [0.15, 0.2) is 0 Å². The quantitative estimate of drug-likeness (QED) is 0.909. The number of nitrogens with one attached hydrogen (secondary N) is 2. The molecule has 0 atom stereocenters. The predicted molar refractivity (Wildman–Crippen MR) is 89.9 cm³/mol. The van der Waals surface area contributed by atoms with Crippen LogP contribution >= 0.6 is 0 Å². The number of rotatable bonds is 4. The van der Waals surface area contributed by atoms with Gasteiger partial charge in [0.2, 0.25) is 11.8 Å². The minimum Gasteiger partial charge on any atom is -0.439 e. The van der Waals surface area contributed by atoms with Gasteiger partial charge in [0.25, 0.3) is 0 Å². The number of hydrogen-bond acceptors (Lipinski definition) is 4. The van der Waals surface area contributed by atoms with Crippen molar-refractivity contribution in [3.8, 4) is 11.6 Å². The molecule has 5 heteroatoms. The molecule has 0 unspecified atom stereocenters. The minimum absolute atomic E-state index is 0.0880. The summed E-state index contributed by atoms with van der Waals surface area (Å²) in [6, 6.07) is 13.2. The van der Waals surface area contributed by atoms with E-state index in [0.717, 1.165) is 37.3 Å². The second kappa shape index (κ2) is 7.24. The third kappa shape index (κ3) is 4.29. The van der Waals surface area contributed by atoms with Crippen LogP contribution in [-0.4, -0.2) is 24.0 Å². The third-order valence-corrected chi connectivity index (χ3v) is 3.90. The maximum Gasteiger partial charge on any atom is 0.221 e. The van der Waals surface area contributed by atoms with Gasteiger partial charge in [-0.05, 0) is 56.3 Å². The standard InChI is InChI=1S/C18H21N3O2/c1-13(22)20-15-5-7-16(8-6-15)23-18-4-2-3-17(21-18)14-9-11-19-12-10-14/h2-8,14,19H,9-12H2,1H3,(H,20,22). The van der Waals surface area contributed by atoms with Gasteiger partial charge in [-0.2, -0.15) is 0 Å². The Morgan fingerprint density at radius 3 is 2.61 bits per heavy atom. The van der Waals surface area contributed by atoms with Crippen molar-refractivity contribution in [2.45, 2.75) is 25.7 Å². The molecule has 0 aliphatic carbocycles. The molecule has 2 N–H and O–H groups in total.